The maximum absolute atomic E-state index is 5.99. The van der Waals surface area contributed by atoms with Gasteiger partial charge in [-0.05, 0) is 52.6 Å². The molecule has 4 nitrogen and oxygen atoms in total. The molecule has 126 valence electrons. The Bertz CT molecular complexity index is 302. The molecule has 1 atom stereocenters. The van der Waals surface area contributed by atoms with Gasteiger partial charge in [0.05, 0.1) is 6.54 Å². The third-order valence-electron chi connectivity index (χ3n) is 3.83. The molecule has 0 saturated carbocycles. The van der Waals surface area contributed by atoms with E-state index in [0.717, 1.165) is 6.54 Å². The summed E-state index contributed by atoms with van der Waals surface area (Å²) in [6.45, 7) is 14.1. The summed E-state index contributed by atoms with van der Waals surface area (Å²) >= 11 is 0. The molecule has 0 bridgehead atoms. The maximum atomic E-state index is 5.99. The van der Waals surface area contributed by atoms with Gasteiger partial charge in [-0.1, -0.05) is 26.7 Å². The van der Waals surface area contributed by atoms with E-state index in [2.05, 4.69) is 49.8 Å². The van der Waals surface area contributed by atoms with Gasteiger partial charge < -0.3 is 11.1 Å². The minimum atomic E-state index is -0.0243. The van der Waals surface area contributed by atoms with Crippen molar-refractivity contribution in [2.24, 2.45) is 16.6 Å². The lowest BCUT2D eigenvalue weighted by atomic mass is 10.0. The standard InChI is InChI=1S/C16H34N4.HI/c1-13(2)14(20-10-8-6-7-9-11-20)12-18-15(17)19-16(3,4)5;/h13-14H,6-12H2,1-5H3,(H3,17,18,19);1H. The van der Waals surface area contributed by atoms with Crippen LogP contribution in [0, 0.1) is 5.92 Å². The summed E-state index contributed by atoms with van der Waals surface area (Å²) in [5.74, 6) is 1.18. The molecule has 21 heavy (non-hydrogen) atoms. The summed E-state index contributed by atoms with van der Waals surface area (Å²) < 4.78 is 0. The minimum Gasteiger partial charge on any atom is -0.370 e. The van der Waals surface area contributed by atoms with Crippen LogP contribution < -0.4 is 11.1 Å². The van der Waals surface area contributed by atoms with Gasteiger partial charge in [-0.15, -0.1) is 24.0 Å². The van der Waals surface area contributed by atoms with Gasteiger partial charge in [0.15, 0.2) is 5.96 Å². The maximum Gasteiger partial charge on any atom is 0.189 e. The molecule has 1 fully saturated rings. The van der Waals surface area contributed by atoms with Gasteiger partial charge in [0.25, 0.3) is 0 Å². The van der Waals surface area contributed by atoms with Crippen molar-refractivity contribution in [1.29, 1.82) is 0 Å². The van der Waals surface area contributed by atoms with E-state index in [4.69, 9.17) is 5.73 Å². The summed E-state index contributed by atoms with van der Waals surface area (Å²) in [5.41, 5.74) is 5.96. The topological polar surface area (TPSA) is 53.6 Å². The van der Waals surface area contributed by atoms with Crippen molar-refractivity contribution in [3.8, 4) is 0 Å². The van der Waals surface area contributed by atoms with Crippen LogP contribution in [0.3, 0.4) is 0 Å². The van der Waals surface area contributed by atoms with Crippen molar-refractivity contribution in [1.82, 2.24) is 10.2 Å². The number of hydrogen-bond donors (Lipinski definition) is 2. The quantitative estimate of drug-likeness (QED) is 0.425. The van der Waals surface area contributed by atoms with E-state index < -0.39 is 0 Å². The van der Waals surface area contributed by atoms with Crippen LogP contribution in [0.5, 0.6) is 0 Å². The van der Waals surface area contributed by atoms with Crippen LogP contribution in [-0.4, -0.2) is 42.1 Å². The fourth-order valence-corrected chi connectivity index (χ4v) is 2.79. The summed E-state index contributed by atoms with van der Waals surface area (Å²) in [4.78, 5) is 7.20. The van der Waals surface area contributed by atoms with E-state index in [-0.39, 0.29) is 29.5 Å². The van der Waals surface area contributed by atoms with Crippen molar-refractivity contribution in [3.63, 3.8) is 0 Å². The number of halogens is 1. The Balaban J connectivity index is 0.00000400. The smallest absolute Gasteiger partial charge is 0.189 e. The molecule has 0 amide bonds. The molecule has 1 saturated heterocycles. The molecule has 1 rings (SSSR count). The zero-order valence-corrected chi connectivity index (χ0v) is 16.8. The number of guanidine groups is 1. The van der Waals surface area contributed by atoms with Crippen LogP contribution in [0.15, 0.2) is 4.99 Å². The highest BCUT2D eigenvalue weighted by Gasteiger charge is 2.22. The van der Waals surface area contributed by atoms with Crippen LogP contribution in [-0.2, 0) is 0 Å². The van der Waals surface area contributed by atoms with Crippen molar-refractivity contribution in [2.45, 2.75) is 71.9 Å². The average molecular weight is 410 g/mol. The van der Waals surface area contributed by atoms with E-state index >= 15 is 0 Å². The first kappa shape index (κ1) is 21.0. The second kappa shape index (κ2) is 9.87. The summed E-state index contributed by atoms with van der Waals surface area (Å²) in [7, 11) is 0. The SMILES string of the molecule is CC(C)C(CN=C(N)NC(C)(C)C)N1CCCCCC1.I. The predicted molar refractivity (Wildman–Crippen MR) is 103 cm³/mol. The Morgan fingerprint density at radius 3 is 2.10 bits per heavy atom. The molecule has 0 aromatic heterocycles. The largest absolute Gasteiger partial charge is 0.370 e. The Hall–Kier alpha value is -0.0400. The Kier molecular flexibility index (Phi) is 9.85. The minimum absolute atomic E-state index is 0. The number of aliphatic imine (C=N–C) groups is 1. The number of nitrogens with two attached hydrogens (primary N) is 1. The molecule has 1 aliphatic rings. The second-order valence-corrected chi connectivity index (χ2v) is 7.36. The molecule has 1 aliphatic heterocycles. The molecule has 3 N–H and O–H groups in total. The highest BCUT2D eigenvalue weighted by molar-refractivity contribution is 14.0. The molecule has 1 unspecified atom stereocenters. The van der Waals surface area contributed by atoms with Gasteiger partial charge >= 0.3 is 0 Å². The zero-order valence-electron chi connectivity index (χ0n) is 14.5. The number of likely N-dealkylation sites (tertiary alicyclic amines) is 1. The first-order chi connectivity index (χ1) is 9.29. The van der Waals surface area contributed by atoms with Gasteiger partial charge in [-0.25, -0.2) is 0 Å². The number of hydrogen-bond acceptors (Lipinski definition) is 2. The van der Waals surface area contributed by atoms with Gasteiger partial charge in [0, 0.05) is 11.6 Å². The normalized spacial score (nSPS) is 19.8. The Morgan fingerprint density at radius 1 is 1.14 bits per heavy atom. The fraction of sp³-hybridized carbons (Fsp3) is 0.938. The lowest BCUT2D eigenvalue weighted by molar-refractivity contribution is 0.166. The third kappa shape index (κ3) is 8.86. The van der Waals surface area contributed by atoms with Gasteiger partial charge in [0.1, 0.15) is 0 Å². The van der Waals surface area contributed by atoms with Crippen LogP contribution in [0.1, 0.15) is 60.3 Å². The monoisotopic (exact) mass is 410 g/mol. The molecule has 0 aliphatic carbocycles. The highest BCUT2D eigenvalue weighted by Crippen LogP contribution is 2.17. The zero-order chi connectivity index (χ0) is 15.2. The van der Waals surface area contributed by atoms with Gasteiger partial charge in [-0.2, -0.15) is 0 Å². The lowest BCUT2D eigenvalue weighted by Gasteiger charge is -2.32. The third-order valence-corrected chi connectivity index (χ3v) is 3.83. The Morgan fingerprint density at radius 2 is 1.67 bits per heavy atom. The molecule has 0 spiro atoms. The lowest BCUT2D eigenvalue weighted by Crippen LogP contribution is -2.46. The number of rotatable bonds is 4. The first-order valence-corrected chi connectivity index (χ1v) is 8.12. The highest BCUT2D eigenvalue weighted by atomic mass is 127. The van der Waals surface area contributed by atoms with Crippen molar-refractivity contribution in [3.05, 3.63) is 0 Å². The van der Waals surface area contributed by atoms with Crippen molar-refractivity contribution < 1.29 is 0 Å². The van der Waals surface area contributed by atoms with Gasteiger partial charge in [0.2, 0.25) is 0 Å². The second-order valence-electron chi connectivity index (χ2n) is 7.36. The Labute approximate surface area is 148 Å². The van der Waals surface area contributed by atoms with Crippen LogP contribution in [0.4, 0.5) is 0 Å². The van der Waals surface area contributed by atoms with Crippen LogP contribution in [0.2, 0.25) is 0 Å². The van der Waals surface area contributed by atoms with Crippen LogP contribution in [0.25, 0.3) is 0 Å². The average Bonchev–Trinajstić information content (AvgIpc) is 2.55. The molecular formula is C16H35IN4. The number of nitrogens with zero attached hydrogens (tertiary/aromatic N) is 2. The summed E-state index contributed by atoms with van der Waals surface area (Å²) in [5, 5.41) is 3.24. The van der Waals surface area contributed by atoms with Crippen molar-refractivity contribution in [2.75, 3.05) is 19.6 Å². The molecule has 0 aromatic rings. The molecule has 1 heterocycles. The van der Waals surface area contributed by atoms with E-state index in [1.165, 1.54) is 38.8 Å². The van der Waals surface area contributed by atoms with E-state index in [1.807, 2.05) is 0 Å². The summed E-state index contributed by atoms with van der Waals surface area (Å²) in [6, 6.07) is 0.508. The first-order valence-electron chi connectivity index (χ1n) is 8.12. The fourth-order valence-electron chi connectivity index (χ4n) is 2.79. The molecule has 5 heteroatoms. The number of nitrogens with one attached hydrogen (secondary N) is 1. The van der Waals surface area contributed by atoms with E-state index in [1.54, 1.807) is 0 Å². The molecular weight excluding hydrogens is 375 g/mol. The van der Waals surface area contributed by atoms with E-state index in [0.29, 0.717) is 17.9 Å². The predicted octanol–water partition coefficient (Wildman–Crippen LogP) is 3.21. The van der Waals surface area contributed by atoms with Gasteiger partial charge in [-0.3, -0.25) is 9.89 Å². The van der Waals surface area contributed by atoms with Crippen LogP contribution >= 0.6 is 24.0 Å². The molecule has 0 aromatic carbocycles. The summed E-state index contributed by atoms with van der Waals surface area (Å²) in [6.07, 6.45) is 5.39. The molecule has 0 radical (unpaired) electrons. The van der Waals surface area contributed by atoms with Crippen molar-refractivity contribution >= 4 is 29.9 Å². The van der Waals surface area contributed by atoms with E-state index in [9.17, 15) is 0 Å².